The number of halogens is 5. The second-order valence-corrected chi connectivity index (χ2v) is 15.3. The molecule has 4 aliphatic rings. The molecule has 27 heavy (non-hydrogen) atoms. The van der Waals surface area contributed by atoms with Crippen LogP contribution in [0.2, 0.25) is 0 Å². The van der Waals surface area contributed by atoms with Crippen LogP contribution in [0.15, 0.2) is 0 Å². The van der Waals surface area contributed by atoms with Gasteiger partial charge in [-0.25, -0.2) is 0 Å². The van der Waals surface area contributed by atoms with Gasteiger partial charge in [0.1, 0.15) is 0 Å². The van der Waals surface area contributed by atoms with Crippen LogP contribution in [0, 0.1) is 17.8 Å². The Hall–Kier alpha value is 0.110. The Morgan fingerprint density at radius 1 is 1.30 bits per heavy atom. The molecule has 2 N–H and O–H groups in total. The number of fused-ring (bicyclic) bond motifs is 3. The van der Waals surface area contributed by atoms with Crippen LogP contribution >= 0.6 is 20.4 Å². The molecule has 156 valence electrons. The van der Waals surface area contributed by atoms with Gasteiger partial charge in [-0.05, 0) is 0 Å². The molecule has 0 radical (unpaired) electrons. The quantitative estimate of drug-likeness (QED) is 0.100. The van der Waals surface area contributed by atoms with Crippen molar-refractivity contribution in [3.63, 3.8) is 0 Å². The molecule has 6 nitrogen and oxygen atoms in total. The van der Waals surface area contributed by atoms with Gasteiger partial charge in [0.2, 0.25) is 0 Å². The van der Waals surface area contributed by atoms with E-state index in [1.54, 1.807) is 0 Å². The maximum atomic E-state index is 13.7. The second-order valence-electron chi connectivity index (χ2n) is 7.79. The summed E-state index contributed by atoms with van der Waals surface area (Å²) in [6, 6.07) is 0. The molecule has 5 atom stereocenters. The number of nitrogens with one attached hydrogen (secondary N) is 2. The van der Waals surface area contributed by atoms with Gasteiger partial charge in [0, 0.05) is 0 Å². The maximum absolute atomic E-state index is 13.7. The Morgan fingerprint density at radius 3 is 2.33 bits per heavy atom. The van der Waals surface area contributed by atoms with Crippen molar-refractivity contribution in [1.82, 2.24) is 7.06 Å². The van der Waals surface area contributed by atoms with Gasteiger partial charge >= 0.3 is 174 Å². The van der Waals surface area contributed by atoms with E-state index >= 15 is 0 Å². The number of carbonyl (C=O) groups excluding carboxylic acids is 2. The summed E-state index contributed by atoms with van der Waals surface area (Å²) in [5.74, 6) is -2.24. The number of alkyl halides is 6. The van der Waals surface area contributed by atoms with Gasteiger partial charge in [0.05, 0.1) is 0 Å². The molecule has 4 fully saturated rings. The van der Waals surface area contributed by atoms with Crippen LogP contribution in [0.4, 0.5) is 13.2 Å². The van der Waals surface area contributed by atoms with Crippen molar-refractivity contribution in [2.24, 2.45) is 17.8 Å². The molecular formula is C16H22F3I2N2O4-. The third-order valence-corrected chi connectivity index (χ3v) is 15.7. The fraction of sp³-hybridized carbons (Fsp3) is 0.875. The first kappa shape index (κ1) is 20.4. The van der Waals surface area contributed by atoms with E-state index in [2.05, 4.69) is 12.0 Å². The topological polar surface area (TPSA) is 96.5 Å². The molecule has 2 aliphatic carbocycles. The summed E-state index contributed by atoms with van der Waals surface area (Å²) in [5, 5.41) is 0. The SMILES string of the molecule is C[I-]C(C)(C(=O)OCC1CC2CC1CC2(OC(C)=O)C(F)(F)F)C12NI1N2. The van der Waals surface area contributed by atoms with E-state index in [-0.39, 0.29) is 40.9 Å². The summed E-state index contributed by atoms with van der Waals surface area (Å²) in [5.41, 5.74) is -2.37. The molecule has 0 aromatic carbocycles. The van der Waals surface area contributed by atoms with Crippen LogP contribution in [0.25, 0.3) is 0 Å². The van der Waals surface area contributed by atoms with Gasteiger partial charge in [0.15, 0.2) is 0 Å². The Labute approximate surface area is 173 Å². The van der Waals surface area contributed by atoms with Crippen molar-refractivity contribution < 1.29 is 53.4 Å². The number of hydrogen-bond donors (Lipinski definition) is 2. The molecule has 2 bridgehead atoms. The second kappa shape index (κ2) is 6.30. The van der Waals surface area contributed by atoms with Crippen molar-refractivity contribution >= 4 is 32.3 Å². The molecule has 0 aromatic heterocycles. The van der Waals surface area contributed by atoms with Crippen molar-refractivity contribution in [3.8, 4) is 0 Å². The summed E-state index contributed by atoms with van der Waals surface area (Å²) in [6.07, 6.45) is -4.19. The zero-order valence-electron chi connectivity index (χ0n) is 15.1. The van der Waals surface area contributed by atoms with Gasteiger partial charge in [-0.1, -0.05) is 0 Å². The van der Waals surface area contributed by atoms with E-state index in [0.29, 0.717) is 6.42 Å². The van der Waals surface area contributed by atoms with Crippen LogP contribution in [0.3, 0.4) is 0 Å². The Morgan fingerprint density at radius 2 is 1.93 bits per heavy atom. The van der Waals surface area contributed by atoms with E-state index in [1.807, 2.05) is 6.92 Å². The Bertz CT molecular complexity index is 687. The standard InChI is InChI=1S/C16H22F3I2N2O4/c1-8(24)27-14(15(17,18)19)6-9-4-11(14)5-10(9)7-26-12(25)13(2,20-3)16-21(22-16)23-16/h9-11,22-23H,4-7H2,1-3H3/q-1. The van der Waals surface area contributed by atoms with Gasteiger partial charge < -0.3 is 0 Å². The first-order valence-electron chi connectivity index (χ1n) is 8.69. The summed E-state index contributed by atoms with van der Waals surface area (Å²) in [6.45, 7) is 3.10. The molecule has 2 saturated carbocycles. The number of carbonyl (C=O) groups is 2. The predicted molar refractivity (Wildman–Crippen MR) is 93.2 cm³/mol. The molecule has 4 rings (SSSR count). The van der Waals surface area contributed by atoms with Gasteiger partial charge in [0.25, 0.3) is 0 Å². The molecule has 2 saturated heterocycles. The summed E-state index contributed by atoms with van der Waals surface area (Å²) < 4.78 is 57.5. The molecule has 0 amide bonds. The first-order chi connectivity index (χ1) is 12.5. The molecular weight excluding hydrogens is 595 g/mol. The van der Waals surface area contributed by atoms with E-state index in [4.69, 9.17) is 9.47 Å². The number of rotatable bonds is 6. The van der Waals surface area contributed by atoms with Crippen molar-refractivity contribution in [1.29, 1.82) is 0 Å². The molecule has 2 heterocycles. The summed E-state index contributed by atoms with van der Waals surface area (Å²) >= 11 is -1.69. The third kappa shape index (κ3) is 2.92. The Kier molecular flexibility index (Phi) is 4.76. The molecule has 0 spiro atoms. The van der Waals surface area contributed by atoms with Gasteiger partial charge in [-0.3, -0.25) is 0 Å². The first-order valence-corrected chi connectivity index (χ1v) is 15.2. The molecule has 2 aliphatic heterocycles. The van der Waals surface area contributed by atoms with Crippen LogP contribution in [0.1, 0.15) is 33.1 Å². The fourth-order valence-electron chi connectivity index (χ4n) is 4.64. The van der Waals surface area contributed by atoms with Crippen LogP contribution in [-0.4, -0.2) is 42.3 Å². The monoisotopic (exact) mass is 617 g/mol. The minimum absolute atomic E-state index is 0.101. The minimum atomic E-state index is -4.58. The Balaban J connectivity index is 1.38. The zero-order valence-corrected chi connectivity index (χ0v) is 19.4. The van der Waals surface area contributed by atoms with E-state index in [0.717, 1.165) is 6.92 Å². The van der Waals surface area contributed by atoms with E-state index < -0.39 is 68.7 Å². The summed E-state index contributed by atoms with van der Waals surface area (Å²) in [4.78, 5) is 26.0. The number of esters is 2. The van der Waals surface area contributed by atoms with Crippen LogP contribution < -0.4 is 28.3 Å². The average Bonchev–Trinajstić information content (AvgIpc) is 3.36. The molecule has 5 unspecified atom stereocenters. The van der Waals surface area contributed by atoms with Crippen LogP contribution in [0.5, 0.6) is 0 Å². The molecule has 0 aromatic rings. The predicted octanol–water partition coefficient (Wildman–Crippen LogP) is -0.886. The van der Waals surface area contributed by atoms with E-state index in [9.17, 15) is 22.8 Å². The fourth-order valence-corrected chi connectivity index (χ4v) is 15.0. The van der Waals surface area contributed by atoms with Gasteiger partial charge in [-0.2, -0.15) is 0 Å². The summed E-state index contributed by atoms with van der Waals surface area (Å²) in [7, 11) is 0. The van der Waals surface area contributed by atoms with Crippen molar-refractivity contribution in [3.05, 3.63) is 0 Å². The van der Waals surface area contributed by atoms with Crippen LogP contribution in [-0.2, 0) is 19.1 Å². The number of hydrogen-bond acceptors (Lipinski definition) is 6. The average molecular weight is 617 g/mol. The molecule has 11 heteroatoms. The number of ether oxygens (including phenoxy) is 2. The van der Waals surface area contributed by atoms with Crippen molar-refractivity contribution in [2.45, 2.75) is 52.0 Å². The normalized spacial score (nSPS) is 38.9. The van der Waals surface area contributed by atoms with Gasteiger partial charge in [-0.15, -0.1) is 0 Å². The third-order valence-electron chi connectivity index (χ3n) is 6.37. The van der Waals surface area contributed by atoms with Crippen molar-refractivity contribution in [2.75, 3.05) is 11.5 Å². The van der Waals surface area contributed by atoms with E-state index in [1.165, 1.54) is 0 Å². The zero-order chi connectivity index (χ0) is 19.8.